The molecule has 2 heterocycles. The van der Waals surface area contributed by atoms with E-state index in [1.54, 1.807) is 0 Å². The van der Waals surface area contributed by atoms with Crippen LogP contribution in [0.3, 0.4) is 0 Å². The van der Waals surface area contributed by atoms with Gasteiger partial charge in [-0.25, -0.2) is 0 Å². The minimum Gasteiger partial charge on any atom is -0.309 e. The van der Waals surface area contributed by atoms with Crippen molar-refractivity contribution < 1.29 is 0 Å². The zero-order chi connectivity index (χ0) is 14.8. The topological polar surface area (TPSA) is 37.8 Å². The Morgan fingerprint density at radius 2 is 1.71 bits per heavy atom. The van der Waals surface area contributed by atoms with E-state index in [1.165, 1.54) is 11.1 Å². The summed E-state index contributed by atoms with van der Waals surface area (Å²) in [6.45, 7) is 4.06. The number of para-hydroxylation sites is 1. The van der Waals surface area contributed by atoms with Crippen molar-refractivity contribution in [2.24, 2.45) is 0 Å². The van der Waals surface area contributed by atoms with Crippen molar-refractivity contribution in [3.05, 3.63) is 71.2 Å². The van der Waals surface area contributed by atoms with Crippen molar-refractivity contribution in [1.29, 1.82) is 0 Å². The predicted octanol–water partition coefficient (Wildman–Crippen LogP) is 3.56. The Morgan fingerprint density at radius 3 is 2.43 bits per heavy atom. The number of hydrogen-bond donors (Lipinski definition) is 1. The largest absolute Gasteiger partial charge is 0.309 e. The molecule has 2 aromatic heterocycles. The van der Waals surface area contributed by atoms with Crippen molar-refractivity contribution in [2.45, 2.75) is 19.9 Å². The fourth-order valence-corrected chi connectivity index (χ4v) is 2.90. The molecule has 0 amide bonds. The first kappa shape index (κ1) is 13.7. The van der Waals surface area contributed by atoms with Crippen LogP contribution < -0.4 is 5.32 Å². The molecule has 0 aliphatic rings. The summed E-state index contributed by atoms with van der Waals surface area (Å²) in [5.74, 6) is 0. The molecule has 0 aliphatic carbocycles. The van der Waals surface area contributed by atoms with Gasteiger partial charge in [-0.2, -0.15) is 0 Å². The first-order valence-electron chi connectivity index (χ1n) is 7.15. The molecule has 1 N–H and O–H groups in total. The van der Waals surface area contributed by atoms with Crippen LogP contribution >= 0.6 is 0 Å². The number of nitrogens with zero attached hydrogens (tertiary/aromatic N) is 2. The van der Waals surface area contributed by atoms with Gasteiger partial charge in [0.05, 0.1) is 11.6 Å². The first-order valence-corrected chi connectivity index (χ1v) is 7.15. The zero-order valence-electron chi connectivity index (χ0n) is 12.6. The number of rotatable bonds is 3. The molecular weight excluding hydrogens is 258 g/mol. The second-order valence-corrected chi connectivity index (χ2v) is 5.33. The molecule has 3 nitrogen and oxygen atoms in total. The molecule has 0 saturated carbocycles. The standard InChI is InChI=1S/C18H19N3/c1-12-10-15(11-13(2)21-12)17(19-3)16-8-4-6-14-7-5-9-20-18(14)16/h4-11,17,19H,1-3H3. The van der Waals surface area contributed by atoms with E-state index in [2.05, 4.69) is 51.7 Å². The van der Waals surface area contributed by atoms with Gasteiger partial charge in [0.2, 0.25) is 0 Å². The maximum Gasteiger partial charge on any atom is 0.0753 e. The third-order valence-corrected chi connectivity index (χ3v) is 3.70. The van der Waals surface area contributed by atoms with Crippen molar-refractivity contribution >= 4 is 10.9 Å². The number of aromatic nitrogens is 2. The molecule has 3 aromatic rings. The molecule has 0 saturated heterocycles. The van der Waals surface area contributed by atoms with Gasteiger partial charge >= 0.3 is 0 Å². The Morgan fingerprint density at radius 1 is 1.00 bits per heavy atom. The van der Waals surface area contributed by atoms with Gasteiger partial charge < -0.3 is 5.32 Å². The minimum absolute atomic E-state index is 0.115. The average Bonchev–Trinajstić information content (AvgIpc) is 2.47. The number of benzene rings is 1. The second-order valence-electron chi connectivity index (χ2n) is 5.33. The van der Waals surface area contributed by atoms with E-state index >= 15 is 0 Å². The van der Waals surface area contributed by atoms with E-state index < -0.39 is 0 Å². The van der Waals surface area contributed by atoms with Crippen molar-refractivity contribution in [2.75, 3.05) is 7.05 Å². The summed E-state index contributed by atoms with van der Waals surface area (Å²) in [4.78, 5) is 9.03. The molecule has 1 aromatic carbocycles. The molecular formula is C18H19N3. The third kappa shape index (κ3) is 2.65. The number of fused-ring (bicyclic) bond motifs is 1. The van der Waals surface area contributed by atoms with E-state index in [4.69, 9.17) is 0 Å². The van der Waals surface area contributed by atoms with Crippen LogP contribution in [0.4, 0.5) is 0 Å². The lowest BCUT2D eigenvalue weighted by Gasteiger charge is -2.19. The summed E-state index contributed by atoms with van der Waals surface area (Å²) in [5, 5.41) is 4.58. The smallest absolute Gasteiger partial charge is 0.0753 e. The molecule has 3 heteroatoms. The van der Waals surface area contributed by atoms with Gasteiger partial charge in [-0.05, 0) is 50.2 Å². The van der Waals surface area contributed by atoms with Crippen LogP contribution in [0.15, 0.2) is 48.7 Å². The average molecular weight is 277 g/mol. The van der Waals surface area contributed by atoms with Crippen LogP contribution in [0.25, 0.3) is 10.9 Å². The highest BCUT2D eigenvalue weighted by molar-refractivity contribution is 5.82. The van der Waals surface area contributed by atoms with Gasteiger partial charge in [-0.1, -0.05) is 24.3 Å². The molecule has 21 heavy (non-hydrogen) atoms. The monoisotopic (exact) mass is 277 g/mol. The summed E-state index contributed by atoms with van der Waals surface area (Å²) in [6.07, 6.45) is 1.85. The quantitative estimate of drug-likeness (QED) is 0.795. The molecule has 0 bridgehead atoms. The van der Waals surface area contributed by atoms with Gasteiger partial charge in [0.25, 0.3) is 0 Å². The Hall–Kier alpha value is -2.26. The maximum absolute atomic E-state index is 4.56. The van der Waals surface area contributed by atoms with E-state index in [0.29, 0.717) is 0 Å². The molecule has 106 valence electrons. The fraction of sp³-hybridized carbons (Fsp3) is 0.222. The number of nitrogens with one attached hydrogen (secondary N) is 1. The van der Waals surface area contributed by atoms with Crippen LogP contribution in [0.5, 0.6) is 0 Å². The van der Waals surface area contributed by atoms with E-state index in [1.807, 2.05) is 33.2 Å². The predicted molar refractivity (Wildman–Crippen MR) is 86.4 cm³/mol. The fourth-order valence-electron chi connectivity index (χ4n) is 2.90. The highest BCUT2D eigenvalue weighted by Crippen LogP contribution is 2.28. The van der Waals surface area contributed by atoms with E-state index in [0.717, 1.165) is 22.3 Å². The Kier molecular flexibility index (Phi) is 3.67. The van der Waals surface area contributed by atoms with Gasteiger partial charge in [0.1, 0.15) is 0 Å². The Bertz CT molecular complexity index is 755. The second kappa shape index (κ2) is 5.62. The lowest BCUT2D eigenvalue weighted by molar-refractivity contribution is 0.692. The van der Waals surface area contributed by atoms with Gasteiger partial charge in [0.15, 0.2) is 0 Å². The van der Waals surface area contributed by atoms with E-state index in [-0.39, 0.29) is 6.04 Å². The van der Waals surface area contributed by atoms with Crippen LogP contribution in [0.2, 0.25) is 0 Å². The molecule has 0 fully saturated rings. The van der Waals surface area contributed by atoms with Gasteiger partial charge in [-0.15, -0.1) is 0 Å². The SMILES string of the molecule is CNC(c1cc(C)nc(C)c1)c1cccc2cccnc12. The summed E-state index contributed by atoms with van der Waals surface area (Å²) in [5.41, 5.74) is 5.55. The normalized spacial score (nSPS) is 12.5. The third-order valence-electron chi connectivity index (χ3n) is 3.70. The molecule has 3 rings (SSSR count). The van der Waals surface area contributed by atoms with E-state index in [9.17, 15) is 0 Å². The molecule has 0 aliphatic heterocycles. The molecule has 0 radical (unpaired) electrons. The van der Waals surface area contributed by atoms with Crippen LogP contribution in [-0.4, -0.2) is 17.0 Å². The molecule has 1 atom stereocenters. The maximum atomic E-state index is 4.56. The van der Waals surface area contributed by atoms with Crippen LogP contribution in [0.1, 0.15) is 28.6 Å². The highest BCUT2D eigenvalue weighted by Gasteiger charge is 2.16. The van der Waals surface area contributed by atoms with Crippen molar-refractivity contribution in [3.8, 4) is 0 Å². The van der Waals surface area contributed by atoms with Crippen LogP contribution in [0, 0.1) is 13.8 Å². The summed E-state index contributed by atoms with van der Waals surface area (Å²) < 4.78 is 0. The van der Waals surface area contributed by atoms with Crippen molar-refractivity contribution in [1.82, 2.24) is 15.3 Å². The van der Waals surface area contributed by atoms with Gasteiger partial charge in [0, 0.05) is 23.0 Å². The number of aryl methyl sites for hydroxylation is 2. The molecule has 0 spiro atoms. The summed E-state index contributed by atoms with van der Waals surface area (Å²) in [6, 6.07) is 14.8. The minimum atomic E-state index is 0.115. The lowest BCUT2D eigenvalue weighted by atomic mass is 9.96. The number of pyridine rings is 2. The Balaban J connectivity index is 2.18. The summed E-state index contributed by atoms with van der Waals surface area (Å²) >= 11 is 0. The summed E-state index contributed by atoms with van der Waals surface area (Å²) in [7, 11) is 1.98. The first-order chi connectivity index (χ1) is 10.2. The van der Waals surface area contributed by atoms with Crippen molar-refractivity contribution in [3.63, 3.8) is 0 Å². The highest BCUT2D eigenvalue weighted by atomic mass is 14.9. The number of hydrogen-bond acceptors (Lipinski definition) is 3. The van der Waals surface area contributed by atoms with Crippen LogP contribution in [-0.2, 0) is 0 Å². The Labute approximate surface area is 125 Å². The zero-order valence-corrected chi connectivity index (χ0v) is 12.6. The van der Waals surface area contributed by atoms with Gasteiger partial charge in [-0.3, -0.25) is 9.97 Å². The lowest BCUT2D eigenvalue weighted by Crippen LogP contribution is -2.18. The molecule has 1 unspecified atom stereocenters.